The van der Waals surface area contributed by atoms with E-state index in [-0.39, 0.29) is 11.1 Å². The van der Waals surface area contributed by atoms with Gasteiger partial charge in [-0.05, 0) is 18.2 Å². The van der Waals surface area contributed by atoms with Gasteiger partial charge in [0.15, 0.2) is 6.29 Å². The van der Waals surface area contributed by atoms with E-state index in [0.717, 1.165) is 0 Å². The summed E-state index contributed by atoms with van der Waals surface area (Å²) in [6.45, 7) is 0. The summed E-state index contributed by atoms with van der Waals surface area (Å²) in [6, 6.07) is 4.23. The molecule has 0 saturated heterocycles. The number of carbonyl (C=O) groups is 3. The molecule has 2 bridgehead atoms. The smallest absolute Gasteiger partial charge is 0.346 e. The van der Waals surface area contributed by atoms with E-state index in [9.17, 15) is 14.4 Å². The third kappa shape index (κ3) is 1.03. The van der Waals surface area contributed by atoms with Crippen molar-refractivity contribution in [2.24, 2.45) is 0 Å². The predicted octanol–water partition coefficient (Wildman–Crippen LogP) is 0.810. The Balaban J connectivity index is 2.69. The van der Waals surface area contributed by atoms with Crippen molar-refractivity contribution in [1.82, 2.24) is 0 Å². The molecule has 0 saturated carbocycles. The maximum Gasteiger partial charge on any atom is 0.346 e. The number of benzene rings is 1. The molecule has 4 nitrogen and oxygen atoms in total. The van der Waals surface area contributed by atoms with E-state index in [1.165, 1.54) is 18.2 Å². The minimum atomic E-state index is -0.764. The van der Waals surface area contributed by atoms with Gasteiger partial charge < -0.3 is 4.74 Å². The van der Waals surface area contributed by atoms with Gasteiger partial charge in [-0.2, -0.15) is 0 Å². The molecule has 1 aromatic carbocycles. The maximum atomic E-state index is 11.0. The highest BCUT2D eigenvalue weighted by molar-refractivity contribution is 6.10. The molecule has 0 spiro atoms. The lowest BCUT2D eigenvalue weighted by atomic mass is 10.0. The van der Waals surface area contributed by atoms with E-state index in [4.69, 9.17) is 0 Å². The second kappa shape index (κ2) is 2.52. The van der Waals surface area contributed by atoms with Crippen molar-refractivity contribution >= 4 is 18.2 Å². The van der Waals surface area contributed by atoms with Gasteiger partial charge in [0, 0.05) is 5.56 Å². The van der Waals surface area contributed by atoms with Gasteiger partial charge in [-0.3, -0.25) is 4.79 Å². The van der Waals surface area contributed by atoms with Crippen molar-refractivity contribution in [1.29, 1.82) is 0 Å². The third-order valence-corrected chi connectivity index (χ3v) is 1.82. The van der Waals surface area contributed by atoms with Crippen molar-refractivity contribution in [3.8, 4) is 0 Å². The minimum Gasteiger partial charge on any atom is -0.386 e. The Bertz CT molecular complexity index is 420. The Labute approximate surface area is 73.1 Å². The fraction of sp³-hybridized carbons (Fsp3) is 0. The third-order valence-electron chi connectivity index (χ3n) is 1.82. The Kier molecular flexibility index (Phi) is 1.48. The standard InChI is InChI=1S/C9H4O4/c10-4-6-2-1-5-3-7(6)9(12)13-8(5)11/h1-4H. The molecule has 4 heteroatoms. The minimum absolute atomic E-state index is 0.145. The highest BCUT2D eigenvalue weighted by Crippen LogP contribution is 2.18. The average molecular weight is 176 g/mol. The zero-order valence-electron chi connectivity index (χ0n) is 6.44. The molecule has 1 aliphatic rings. The van der Waals surface area contributed by atoms with Gasteiger partial charge in [0.1, 0.15) is 0 Å². The van der Waals surface area contributed by atoms with Crippen LogP contribution < -0.4 is 0 Å². The second-order valence-corrected chi connectivity index (χ2v) is 2.60. The molecule has 0 radical (unpaired) electrons. The first-order valence-corrected chi connectivity index (χ1v) is 3.58. The van der Waals surface area contributed by atoms with E-state index < -0.39 is 11.9 Å². The molecule has 0 atom stereocenters. The van der Waals surface area contributed by atoms with Crippen LogP contribution in [0, 0.1) is 0 Å². The van der Waals surface area contributed by atoms with Crippen molar-refractivity contribution in [2.45, 2.75) is 0 Å². The molecule has 1 aromatic rings. The lowest BCUT2D eigenvalue weighted by Gasteiger charge is -2.11. The van der Waals surface area contributed by atoms with Gasteiger partial charge in [0.2, 0.25) is 0 Å². The van der Waals surface area contributed by atoms with Crippen LogP contribution in [-0.4, -0.2) is 18.2 Å². The summed E-state index contributed by atoms with van der Waals surface area (Å²) in [5.74, 6) is -1.44. The topological polar surface area (TPSA) is 60.4 Å². The van der Waals surface area contributed by atoms with Gasteiger partial charge >= 0.3 is 11.9 Å². The van der Waals surface area contributed by atoms with Crippen LogP contribution in [-0.2, 0) is 4.74 Å². The summed E-state index contributed by atoms with van der Waals surface area (Å²) in [4.78, 5) is 32.4. The van der Waals surface area contributed by atoms with Crippen LogP contribution in [0.4, 0.5) is 0 Å². The quantitative estimate of drug-likeness (QED) is 0.361. The highest BCUT2D eigenvalue weighted by atomic mass is 16.6. The summed E-state index contributed by atoms with van der Waals surface area (Å²) in [7, 11) is 0. The Hall–Kier alpha value is -1.97. The van der Waals surface area contributed by atoms with Crippen LogP contribution in [0.3, 0.4) is 0 Å². The number of rotatable bonds is 1. The average Bonchev–Trinajstić information content (AvgIpc) is 2.15. The van der Waals surface area contributed by atoms with E-state index in [0.29, 0.717) is 11.8 Å². The molecule has 0 aliphatic carbocycles. The fourth-order valence-electron chi connectivity index (χ4n) is 1.16. The Morgan fingerprint density at radius 2 is 1.92 bits per heavy atom. The number of hydrogen-bond donors (Lipinski definition) is 0. The van der Waals surface area contributed by atoms with Gasteiger partial charge in [0.05, 0.1) is 11.1 Å². The van der Waals surface area contributed by atoms with Crippen LogP contribution in [0.5, 0.6) is 0 Å². The first-order chi connectivity index (χ1) is 6.22. The largest absolute Gasteiger partial charge is 0.386 e. The molecule has 1 heterocycles. The number of ether oxygens (including phenoxy) is 1. The van der Waals surface area contributed by atoms with E-state index in [1.807, 2.05) is 0 Å². The molecule has 0 N–H and O–H groups in total. The maximum absolute atomic E-state index is 11.0. The predicted molar refractivity (Wildman–Crippen MR) is 41.6 cm³/mol. The van der Waals surface area contributed by atoms with Crippen LogP contribution in [0.1, 0.15) is 31.1 Å². The monoisotopic (exact) mass is 176 g/mol. The SMILES string of the molecule is O=Cc1ccc2cc1C(=O)OC2=O. The number of fused-ring (bicyclic) bond motifs is 2. The Morgan fingerprint density at radius 3 is 2.62 bits per heavy atom. The Morgan fingerprint density at radius 1 is 1.15 bits per heavy atom. The number of carbonyl (C=O) groups excluding carboxylic acids is 3. The molecular formula is C9H4O4. The number of aldehydes is 1. The normalized spacial score (nSPS) is 13.8. The van der Waals surface area contributed by atoms with Crippen molar-refractivity contribution in [2.75, 3.05) is 0 Å². The van der Waals surface area contributed by atoms with E-state index in [2.05, 4.69) is 4.74 Å². The number of esters is 2. The van der Waals surface area contributed by atoms with Crippen LogP contribution in [0.15, 0.2) is 18.2 Å². The van der Waals surface area contributed by atoms with Crippen molar-refractivity contribution in [3.05, 3.63) is 34.9 Å². The lowest BCUT2D eigenvalue weighted by molar-refractivity contribution is 0.0383. The molecule has 2 rings (SSSR count). The van der Waals surface area contributed by atoms with E-state index in [1.54, 1.807) is 0 Å². The molecule has 0 amide bonds. The molecule has 0 unspecified atom stereocenters. The molecule has 13 heavy (non-hydrogen) atoms. The fourth-order valence-corrected chi connectivity index (χ4v) is 1.16. The van der Waals surface area contributed by atoms with Gasteiger partial charge in [-0.1, -0.05) is 0 Å². The second-order valence-electron chi connectivity index (χ2n) is 2.60. The lowest BCUT2D eigenvalue weighted by Crippen LogP contribution is -2.20. The first-order valence-electron chi connectivity index (χ1n) is 3.58. The van der Waals surface area contributed by atoms with Crippen LogP contribution >= 0.6 is 0 Å². The van der Waals surface area contributed by atoms with Crippen LogP contribution in [0.2, 0.25) is 0 Å². The summed E-state index contributed by atoms with van der Waals surface area (Å²) in [6.07, 6.45) is 0.552. The number of hydrogen-bond acceptors (Lipinski definition) is 4. The molecule has 64 valence electrons. The van der Waals surface area contributed by atoms with Gasteiger partial charge in [0.25, 0.3) is 0 Å². The number of cyclic esters (lactones) is 2. The summed E-state index contributed by atoms with van der Waals surface area (Å²) >= 11 is 0. The van der Waals surface area contributed by atoms with Crippen molar-refractivity contribution < 1.29 is 19.1 Å². The molecule has 1 aliphatic heterocycles. The summed E-state index contributed by atoms with van der Waals surface area (Å²) < 4.78 is 4.37. The molecule has 0 fully saturated rings. The van der Waals surface area contributed by atoms with Gasteiger partial charge in [-0.25, -0.2) is 9.59 Å². The summed E-state index contributed by atoms with van der Waals surface area (Å²) in [5, 5.41) is 0. The highest BCUT2D eigenvalue weighted by Gasteiger charge is 2.24. The molecule has 0 aromatic heterocycles. The van der Waals surface area contributed by atoms with Crippen LogP contribution in [0.25, 0.3) is 0 Å². The summed E-state index contributed by atoms with van der Waals surface area (Å²) in [5.41, 5.74) is 0.675. The van der Waals surface area contributed by atoms with Crippen molar-refractivity contribution in [3.63, 3.8) is 0 Å². The van der Waals surface area contributed by atoms with Gasteiger partial charge in [-0.15, -0.1) is 0 Å². The zero-order valence-corrected chi connectivity index (χ0v) is 6.44. The first kappa shape index (κ1) is 7.67. The van der Waals surface area contributed by atoms with E-state index >= 15 is 0 Å². The zero-order chi connectivity index (χ0) is 9.42. The molecular weight excluding hydrogens is 172 g/mol.